The van der Waals surface area contributed by atoms with Gasteiger partial charge in [-0.2, -0.15) is 0 Å². The van der Waals surface area contributed by atoms with Gasteiger partial charge in [0.25, 0.3) is 0 Å². The molecule has 6 rings (SSSR count). The van der Waals surface area contributed by atoms with Crippen LogP contribution in [0.3, 0.4) is 0 Å². The maximum atomic E-state index is 12.8. The van der Waals surface area contributed by atoms with Crippen molar-refractivity contribution in [3.05, 3.63) is 63.6 Å². The molecule has 264 valence electrons. The van der Waals surface area contributed by atoms with E-state index in [1.807, 2.05) is 32.1 Å². The molecular formula is C39H54N6O2S2. The van der Waals surface area contributed by atoms with Gasteiger partial charge in [0.15, 0.2) is 0 Å². The summed E-state index contributed by atoms with van der Waals surface area (Å²) in [5.74, 6) is 1.14. The average molecular weight is 703 g/mol. The standard InChI is InChI=1S/C22H31N3O2S.C17H23N3S/c1-15-7-9-18(25(14-15)21(26)27-22(2,3)4)16-8-10-19-17(13-16)23-20(28-19)11-12-24(5)6;1-12-4-6-14(18-11-12)13-5-7-16-15(10-13)19-17(21-16)8-9-20(2)3/h8-10,13,15H,7,11-12,14H2,1-6H3;5,7,10,12H,4,6,8-9,11H2,1-3H3. The highest BCUT2D eigenvalue weighted by Crippen LogP contribution is 2.32. The number of nitrogens with zero attached hydrogens (tertiary/aromatic N) is 6. The molecule has 4 aromatic rings. The number of hydrogen-bond donors (Lipinski definition) is 0. The van der Waals surface area contributed by atoms with Crippen molar-refractivity contribution in [1.29, 1.82) is 0 Å². The average Bonchev–Trinajstić information content (AvgIpc) is 3.65. The smallest absolute Gasteiger partial charge is 0.414 e. The lowest BCUT2D eigenvalue weighted by Crippen LogP contribution is -2.39. The Balaban J connectivity index is 0.000000199. The highest BCUT2D eigenvalue weighted by molar-refractivity contribution is 7.18. The first-order valence-corrected chi connectivity index (χ1v) is 19.2. The van der Waals surface area contributed by atoms with E-state index in [1.54, 1.807) is 16.2 Å². The highest BCUT2D eigenvalue weighted by atomic mass is 32.1. The SMILES string of the molecule is CC1CC=C(c2ccc3sc(CCN(C)C)nc3c2)N(C(=O)OC(C)(C)C)C1.CC1CCC(c2ccc3sc(CCN(C)C)nc3c2)=NC1. The molecule has 0 radical (unpaired) electrons. The number of hydrogen-bond acceptors (Lipinski definition) is 9. The monoisotopic (exact) mass is 702 g/mol. The molecule has 0 N–H and O–H groups in total. The molecule has 0 aliphatic carbocycles. The van der Waals surface area contributed by atoms with Crippen LogP contribution in [0.4, 0.5) is 4.79 Å². The summed E-state index contributed by atoms with van der Waals surface area (Å²) >= 11 is 3.56. The molecule has 2 aromatic carbocycles. The molecule has 2 atom stereocenters. The van der Waals surface area contributed by atoms with Crippen molar-refractivity contribution < 1.29 is 9.53 Å². The van der Waals surface area contributed by atoms with Crippen molar-refractivity contribution in [1.82, 2.24) is 24.7 Å². The molecular weight excluding hydrogens is 649 g/mol. The molecule has 2 aliphatic heterocycles. The molecule has 1 amide bonds. The number of amides is 1. The second-order valence-electron chi connectivity index (χ2n) is 15.1. The molecule has 8 nitrogen and oxygen atoms in total. The maximum Gasteiger partial charge on any atom is 0.414 e. The Morgan fingerprint density at radius 3 is 1.98 bits per heavy atom. The lowest BCUT2D eigenvalue weighted by atomic mass is 9.96. The summed E-state index contributed by atoms with van der Waals surface area (Å²) in [5.41, 5.74) is 6.10. The van der Waals surface area contributed by atoms with E-state index < -0.39 is 5.60 Å². The highest BCUT2D eigenvalue weighted by Gasteiger charge is 2.29. The fraction of sp³-hybridized carbons (Fsp3) is 0.538. The quantitative estimate of drug-likeness (QED) is 0.183. The number of aromatic nitrogens is 2. The number of rotatable bonds is 8. The van der Waals surface area contributed by atoms with Gasteiger partial charge in [-0.25, -0.2) is 14.8 Å². The number of ether oxygens (including phenoxy) is 1. The largest absolute Gasteiger partial charge is 0.443 e. The third-order valence-electron chi connectivity index (χ3n) is 8.62. The molecule has 10 heteroatoms. The second-order valence-corrected chi connectivity index (χ2v) is 17.4. The van der Waals surface area contributed by atoms with Gasteiger partial charge in [0.1, 0.15) is 5.60 Å². The zero-order valence-electron chi connectivity index (χ0n) is 30.9. The summed E-state index contributed by atoms with van der Waals surface area (Å²) in [7, 11) is 8.36. The molecule has 0 saturated heterocycles. The van der Waals surface area contributed by atoms with Crippen LogP contribution in [-0.4, -0.2) is 96.4 Å². The van der Waals surface area contributed by atoms with Crippen molar-refractivity contribution in [2.24, 2.45) is 16.8 Å². The summed E-state index contributed by atoms with van der Waals surface area (Å²) in [4.78, 5) is 33.3. The van der Waals surface area contributed by atoms with Crippen molar-refractivity contribution in [3.8, 4) is 0 Å². The van der Waals surface area contributed by atoms with Gasteiger partial charge in [-0.1, -0.05) is 32.1 Å². The van der Waals surface area contributed by atoms with E-state index in [9.17, 15) is 4.79 Å². The topological polar surface area (TPSA) is 74.2 Å². The minimum absolute atomic E-state index is 0.282. The van der Waals surface area contributed by atoms with E-state index in [0.29, 0.717) is 12.5 Å². The molecule has 2 unspecified atom stereocenters. The lowest BCUT2D eigenvalue weighted by molar-refractivity contribution is 0.0327. The minimum Gasteiger partial charge on any atom is -0.443 e. The van der Waals surface area contributed by atoms with Crippen molar-refractivity contribution in [2.45, 2.75) is 72.3 Å². The van der Waals surface area contributed by atoms with Crippen LogP contribution in [-0.2, 0) is 17.6 Å². The Labute approximate surface area is 300 Å². The first-order valence-electron chi connectivity index (χ1n) is 17.6. The summed E-state index contributed by atoms with van der Waals surface area (Å²) < 4.78 is 8.13. The third kappa shape index (κ3) is 10.4. The van der Waals surface area contributed by atoms with E-state index in [4.69, 9.17) is 19.7 Å². The van der Waals surface area contributed by atoms with Crippen LogP contribution in [0.1, 0.15) is 75.0 Å². The van der Waals surface area contributed by atoms with E-state index in [0.717, 1.165) is 78.5 Å². The van der Waals surface area contributed by atoms with Crippen LogP contribution < -0.4 is 0 Å². The number of likely N-dealkylation sites (N-methyl/N-ethyl adjacent to an activating group) is 2. The summed E-state index contributed by atoms with van der Waals surface area (Å²) in [6.45, 7) is 13.8. The number of thiazole rings is 2. The van der Waals surface area contributed by atoms with E-state index in [2.05, 4.69) is 94.3 Å². The third-order valence-corrected chi connectivity index (χ3v) is 10.8. The van der Waals surface area contributed by atoms with Gasteiger partial charge in [0, 0.05) is 50.3 Å². The Morgan fingerprint density at radius 2 is 1.45 bits per heavy atom. The van der Waals surface area contributed by atoms with Crippen LogP contribution >= 0.6 is 22.7 Å². The number of benzene rings is 2. The predicted molar refractivity (Wildman–Crippen MR) is 208 cm³/mol. The molecule has 0 saturated carbocycles. The minimum atomic E-state index is -0.511. The second kappa shape index (κ2) is 16.2. The normalized spacial score (nSPS) is 18.5. The fourth-order valence-corrected chi connectivity index (χ4v) is 7.74. The zero-order chi connectivity index (χ0) is 35.3. The molecule has 0 spiro atoms. The first-order chi connectivity index (χ1) is 23.2. The lowest BCUT2D eigenvalue weighted by Gasteiger charge is -2.33. The van der Waals surface area contributed by atoms with Gasteiger partial charge in [0.05, 0.1) is 36.1 Å². The van der Waals surface area contributed by atoms with Gasteiger partial charge >= 0.3 is 6.09 Å². The number of carbonyl (C=O) groups is 1. The summed E-state index contributed by atoms with van der Waals surface area (Å²) in [6, 6.07) is 13.0. The molecule has 4 heterocycles. The van der Waals surface area contributed by atoms with Gasteiger partial charge < -0.3 is 14.5 Å². The van der Waals surface area contributed by atoms with E-state index in [-0.39, 0.29) is 6.09 Å². The van der Waals surface area contributed by atoms with Gasteiger partial charge in [-0.3, -0.25) is 9.89 Å². The predicted octanol–water partition coefficient (Wildman–Crippen LogP) is 8.64. The first kappa shape index (κ1) is 37.1. The Morgan fingerprint density at radius 1 is 0.878 bits per heavy atom. The van der Waals surface area contributed by atoms with Crippen LogP contribution in [0.5, 0.6) is 0 Å². The molecule has 2 aromatic heterocycles. The van der Waals surface area contributed by atoms with Gasteiger partial charge in [-0.15, -0.1) is 22.7 Å². The van der Waals surface area contributed by atoms with E-state index >= 15 is 0 Å². The maximum absolute atomic E-state index is 12.8. The summed E-state index contributed by atoms with van der Waals surface area (Å²) in [5, 5.41) is 2.38. The Kier molecular flexibility index (Phi) is 12.3. The van der Waals surface area contributed by atoms with Gasteiger partial charge in [-0.05, 0) is 110 Å². The molecule has 49 heavy (non-hydrogen) atoms. The molecule has 0 bridgehead atoms. The number of carbonyl (C=O) groups excluding carboxylic acids is 1. The van der Waals surface area contributed by atoms with Crippen molar-refractivity contribution in [3.63, 3.8) is 0 Å². The molecule has 0 fully saturated rings. The number of allylic oxidation sites excluding steroid dienone is 1. The zero-order valence-corrected chi connectivity index (χ0v) is 32.5. The van der Waals surface area contributed by atoms with E-state index in [1.165, 1.54) is 32.1 Å². The number of aliphatic imine (C=N–C) groups is 1. The van der Waals surface area contributed by atoms with Crippen LogP contribution in [0, 0.1) is 11.8 Å². The fourth-order valence-electron chi connectivity index (χ4n) is 5.87. The Bertz CT molecular complexity index is 1800. The Hall–Kier alpha value is -3.18. The molecule has 2 aliphatic rings. The van der Waals surface area contributed by atoms with Crippen LogP contribution in [0.25, 0.3) is 26.1 Å². The number of fused-ring (bicyclic) bond motifs is 2. The van der Waals surface area contributed by atoms with Crippen LogP contribution in [0.15, 0.2) is 47.5 Å². The summed E-state index contributed by atoms with van der Waals surface area (Å²) in [6.07, 6.45) is 7.16. The van der Waals surface area contributed by atoms with Crippen LogP contribution in [0.2, 0.25) is 0 Å². The van der Waals surface area contributed by atoms with Gasteiger partial charge in [0.2, 0.25) is 0 Å². The van der Waals surface area contributed by atoms with Crippen molar-refractivity contribution >= 4 is 60.6 Å². The van der Waals surface area contributed by atoms with Crippen molar-refractivity contribution in [2.75, 3.05) is 54.4 Å².